The number of nitrogens with one attached hydrogen (secondary N) is 1. The minimum atomic E-state index is -0.207. The SMILES string of the molecule is CC(C)(C#N)CCCNCc1cccc2ccccc12. The molecule has 2 heteroatoms. The first-order chi connectivity index (χ1) is 9.62. The van der Waals surface area contributed by atoms with Crippen molar-refractivity contribution >= 4 is 10.8 Å². The summed E-state index contributed by atoms with van der Waals surface area (Å²) in [5, 5.41) is 15.1. The van der Waals surface area contributed by atoms with Gasteiger partial charge in [0.25, 0.3) is 0 Å². The van der Waals surface area contributed by atoms with Crippen LogP contribution in [0.1, 0.15) is 32.3 Å². The van der Waals surface area contributed by atoms with E-state index in [0.717, 1.165) is 25.9 Å². The lowest BCUT2D eigenvalue weighted by Gasteiger charge is -2.15. The first-order valence-corrected chi connectivity index (χ1v) is 7.21. The van der Waals surface area contributed by atoms with E-state index in [1.807, 2.05) is 13.8 Å². The number of nitriles is 1. The molecule has 0 saturated heterocycles. The Kier molecular flexibility index (Phi) is 4.76. The summed E-state index contributed by atoms with van der Waals surface area (Å²) in [6, 6.07) is 17.3. The van der Waals surface area contributed by atoms with Crippen LogP contribution in [0.15, 0.2) is 42.5 Å². The quantitative estimate of drug-likeness (QED) is 0.793. The molecule has 0 saturated carbocycles. The molecule has 104 valence electrons. The Morgan fingerprint density at radius 1 is 1.10 bits per heavy atom. The van der Waals surface area contributed by atoms with Gasteiger partial charge in [0, 0.05) is 6.54 Å². The molecular formula is C18H22N2. The second kappa shape index (κ2) is 6.54. The van der Waals surface area contributed by atoms with Gasteiger partial charge in [-0.1, -0.05) is 42.5 Å². The molecule has 0 aliphatic heterocycles. The molecule has 1 N–H and O–H groups in total. The van der Waals surface area contributed by atoms with E-state index in [0.29, 0.717) is 0 Å². The summed E-state index contributed by atoms with van der Waals surface area (Å²) >= 11 is 0. The molecule has 0 bridgehead atoms. The van der Waals surface area contributed by atoms with Gasteiger partial charge in [-0.3, -0.25) is 0 Å². The largest absolute Gasteiger partial charge is 0.313 e. The lowest BCUT2D eigenvalue weighted by atomic mass is 9.90. The van der Waals surface area contributed by atoms with Crippen LogP contribution < -0.4 is 5.32 Å². The Balaban J connectivity index is 1.86. The van der Waals surface area contributed by atoms with Gasteiger partial charge in [-0.2, -0.15) is 5.26 Å². The highest BCUT2D eigenvalue weighted by atomic mass is 14.8. The van der Waals surface area contributed by atoms with Crippen LogP contribution in [0, 0.1) is 16.7 Å². The maximum Gasteiger partial charge on any atom is 0.0683 e. The smallest absolute Gasteiger partial charge is 0.0683 e. The van der Waals surface area contributed by atoms with Gasteiger partial charge in [-0.15, -0.1) is 0 Å². The molecule has 0 radical (unpaired) electrons. The Hall–Kier alpha value is -1.85. The lowest BCUT2D eigenvalue weighted by molar-refractivity contribution is 0.426. The summed E-state index contributed by atoms with van der Waals surface area (Å²) in [6.45, 7) is 5.83. The molecule has 0 aromatic heterocycles. The predicted octanol–water partition coefficient (Wildman–Crippen LogP) is 4.26. The second-order valence-electron chi connectivity index (χ2n) is 5.91. The van der Waals surface area contributed by atoms with Gasteiger partial charge < -0.3 is 5.32 Å². The van der Waals surface area contributed by atoms with E-state index in [9.17, 15) is 0 Å². The highest BCUT2D eigenvalue weighted by Gasteiger charge is 2.15. The van der Waals surface area contributed by atoms with Crippen LogP contribution in [-0.2, 0) is 6.54 Å². The van der Waals surface area contributed by atoms with Gasteiger partial charge >= 0.3 is 0 Å². The molecule has 0 atom stereocenters. The fraction of sp³-hybridized carbons (Fsp3) is 0.389. The first-order valence-electron chi connectivity index (χ1n) is 7.21. The van der Waals surface area contributed by atoms with Crippen LogP contribution in [0.2, 0.25) is 0 Å². The monoisotopic (exact) mass is 266 g/mol. The zero-order chi connectivity index (χ0) is 14.4. The fourth-order valence-electron chi connectivity index (χ4n) is 2.38. The van der Waals surface area contributed by atoms with Crippen LogP contribution >= 0.6 is 0 Å². The zero-order valence-corrected chi connectivity index (χ0v) is 12.3. The van der Waals surface area contributed by atoms with Crippen LogP contribution in [0.3, 0.4) is 0 Å². The highest BCUT2D eigenvalue weighted by Crippen LogP contribution is 2.20. The number of rotatable bonds is 6. The summed E-state index contributed by atoms with van der Waals surface area (Å²) in [6.07, 6.45) is 1.97. The molecule has 2 nitrogen and oxygen atoms in total. The molecule has 2 aromatic rings. The van der Waals surface area contributed by atoms with Gasteiger partial charge in [0.05, 0.1) is 11.5 Å². The van der Waals surface area contributed by atoms with Gasteiger partial charge in [-0.05, 0) is 49.6 Å². The van der Waals surface area contributed by atoms with E-state index < -0.39 is 0 Å². The molecule has 0 fully saturated rings. The van der Waals surface area contributed by atoms with E-state index >= 15 is 0 Å². The number of benzene rings is 2. The molecule has 0 heterocycles. The van der Waals surface area contributed by atoms with Crippen molar-refractivity contribution in [3.63, 3.8) is 0 Å². The fourth-order valence-corrected chi connectivity index (χ4v) is 2.38. The average Bonchev–Trinajstić information content (AvgIpc) is 2.47. The molecule has 0 spiro atoms. The Labute approximate surface area is 121 Å². The van der Waals surface area contributed by atoms with Gasteiger partial charge in [0.15, 0.2) is 0 Å². The van der Waals surface area contributed by atoms with Crippen molar-refractivity contribution < 1.29 is 0 Å². The molecule has 0 aliphatic rings. The van der Waals surface area contributed by atoms with Crippen LogP contribution in [-0.4, -0.2) is 6.54 Å². The zero-order valence-electron chi connectivity index (χ0n) is 12.3. The molecule has 2 aromatic carbocycles. The van der Waals surface area contributed by atoms with Crippen molar-refractivity contribution in [3.05, 3.63) is 48.0 Å². The lowest BCUT2D eigenvalue weighted by Crippen LogP contribution is -2.17. The second-order valence-corrected chi connectivity index (χ2v) is 5.91. The number of nitrogens with zero attached hydrogens (tertiary/aromatic N) is 1. The molecule has 0 unspecified atom stereocenters. The molecule has 0 amide bonds. The van der Waals surface area contributed by atoms with E-state index in [2.05, 4.69) is 53.9 Å². The molecule has 2 rings (SSSR count). The van der Waals surface area contributed by atoms with Crippen molar-refractivity contribution in [1.29, 1.82) is 5.26 Å². The summed E-state index contributed by atoms with van der Waals surface area (Å²) in [7, 11) is 0. The molecular weight excluding hydrogens is 244 g/mol. The van der Waals surface area contributed by atoms with E-state index in [1.165, 1.54) is 16.3 Å². The molecule has 0 aliphatic carbocycles. The number of fused-ring (bicyclic) bond motifs is 1. The Bertz CT molecular complexity index is 603. The minimum absolute atomic E-state index is 0.207. The highest BCUT2D eigenvalue weighted by molar-refractivity contribution is 5.85. The summed E-state index contributed by atoms with van der Waals surface area (Å²) in [5.74, 6) is 0. The van der Waals surface area contributed by atoms with Crippen LogP contribution in [0.4, 0.5) is 0 Å². The predicted molar refractivity (Wildman–Crippen MR) is 84.3 cm³/mol. The van der Waals surface area contributed by atoms with Crippen LogP contribution in [0.25, 0.3) is 10.8 Å². The Morgan fingerprint density at radius 3 is 2.65 bits per heavy atom. The summed E-state index contributed by atoms with van der Waals surface area (Å²) in [4.78, 5) is 0. The average molecular weight is 266 g/mol. The van der Waals surface area contributed by atoms with Gasteiger partial charge in [0.1, 0.15) is 0 Å². The van der Waals surface area contributed by atoms with Crippen molar-refractivity contribution in [2.24, 2.45) is 5.41 Å². The normalized spacial score (nSPS) is 11.4. The van der Waals surface area contributed by atoms with E-state index in [1.54, 1.807) is 0 Å². The third kappa shape index (κ3) is 3.82. The van der Waals surface area contributed by atoms with Crippen molar-refractivity contribution in [1.82, 2.24) is 5.32 Å². The van der Waals surface area contributed by atoms with E-state index in [4.69, 9.17) is 5.26 Å². The number of hydrogen-bond acceptors (Lipinski definition) is 2. The molecule has 20 heavy (non-hydrogen) atoms. The topological polar surface area (TPSA) is 35.8 Å². The third-order valence-electron chi connectivity index (χ3n) is 3.65. The van der Waals surface area contributed by atoms with E-state index in [-0.39, 0.29) is 5.41 Å². The van der Waals surface area contributed by atoms with Crippen LogP contribution in [0.5, 0.6) is 0 Å². The maximum atomic E-state index is 8.98. The maximum absolute atomic E-state index is 8.98. The standard InChI is InChI=1S/C18H22N2/c1-18(2,14-19)11-6-12-20-13-16-9-5-8-15-7-3-4-10-17(15)16/h3-5,7-10,20H,6,11-13H2,1-2H3. The Morgan fingerprint density at radius 2 is 1.85 bits per heavy atom. The summed E-state index contributed by atoms with van der Waals surface area (Å²) < 4.78 is 0. The number of hydrogen-bond donors (Lipinski definition) is 1. The minimum Gasteiger partial charge on any atom is -0.313 e. The van der Waals surface area contributed by atoms with Crippen molar-refractivity contribution in [3.8, 4) is 6.07 Å². The van der Waals surface area contributed by atoms with Gasteiger partial charge in [-0.25, -0.2) is 0 Å². The van der Waals surface area contributed by atoms with Crippen molar-refractivity contribution in [2.45, 2.75) is 33.2 Å². The first kappa shape index (κ1) is 14.6. The summed E-state index contributed by atoms with van der Waals surface area (Å²) in [5.41, 5.74) is 1.13. The third-order valence-corrected chi connectivity index (χ3v) is 3.65. The van der Waals surface area contributed by atoms with Crippen molar-refractivity contribution in [2.75, 3.05) is 6.54 Å². The van der Waals surface area contributed by atoms with Gasteiger partial charge in [0.2, 0.25) is 0 Å².